The van der Waals surface area contributed by atoms with Gasteiger partial charge in [-0.1, -0.05) is 182 Å². The van der Waals surface area contributed by atoms with Gasteiger partial charge in [-0.3, -0.25) is 0 Å². The molecule has 0 saturated carbocycles. The minimum absolute atomic E-state index is 0.0435. The van der Waals surface area contributed by atoms with Gasteiger partial charge in [-0.25, -0.2) is 19.9 Å². The van der Waals surface area contributed by atoms with Crippen LogP contribution in [0.4, 0.5) is 0 Å². The smallest absolute Gasteiger partial charge is 0.160 e. The lowest BCUT2D eigenvalue weighted by Gasteiger charge is -2.42. The molecule has 4 heterocycles. The molecule has 2 atom stereocenters. The summed E-state index contributed by atoms with van der Waals surface area (Å²) in [6, 6.07) is 78.8. The Bertz CT molecular complexity index is 3990. The predicted molar refractivity (Wildman–Crippen MR) is 291 cm³/mol. The van der Waals surface area contributed by atoms with Crippen LogP contribution in [0.25, 0.3) is 108 Å². The number of fused-ring (bicyclic) bond motifs is 6. The van der Waals surface area contributed by atoms with Crippen molar-refractivity contribution in [1.29, 1.82) is 0 Å². The van der Waals surface area contributed by atoms with Crippen molar-refractivity contribution in [3.8, 4) is 67.8 Å². The van der Waals surface area contributed by atoms with Gasteiger partial charge in [0.2, 0.25) is 0 Å². The highest BCUT2D eigenvalue weighted by Gasteiger charge is 2.41. The molecule has 2 bridgehead atoms. The molecule has 6 heteroatoms. The molecule has 0 saturated heterocycles. The number of hydrogen-bond acceptors (Lipinski definition) is 6. The van der Waals surface area contributed by atoms with Gasteiger partial charge in [-0.05, 0) is 69.8 Å². The number of thiophene rings is 2. The SMILES string of the molecule is c1ccc(-c2cc(-c3cccc4c3sc3ccccc34)nc(-c3ccc4c(c3)C3c5ccccc5C4c4cc(-c5nc(-c6ccccc6)cc(-c6cccc7c6sc6ccccc67)n5)ccc43)n2)cc1. The van der Waals surface area contributed by atoms with Crippen LogP contribution >= 0.6 is 22.7 Å². The molecule has 16 rings (SSSR count). The zero-order valence-electron chi connectivity index (χ0n) is 37.5. The van der Waals surface area contributed by atoms with Crippen molar-refractivity contribution in [2.75, 3.05) is 0 Å². The van der Waals surface area contributed by atoms with Crippen molar-refractivity contribution in [2.45, 2.75) is 11.8 Å². The summed E-state index contributed by atoms with van der Waals surface area (Å²) in [5.74, 6) is 1.53. The molecular formula is C64H38N4S2. The molecule has 3 aliphatic rings. The summed E-state index contributed by atoms with van der Waals surface area (Å²) in [7, 11) is 0. The van der Waals surface area contributed by atoms with Gasteiger partial charge in [0.1, 0.15) is 0 Å². The molecule has 0 radical (unpaired) electrons. The van der Waals surface area contributed by atoms with Crippen molar-refractivity contribution >= 4 is 63.0 Å². The van der Waals surface area contributed by atoms with E-state index < -0.39 is 0 Å². The van der Waals surface area contributed by atoms with Crippen molar-refractivity contribution in [3.63, 3.8) is 0 Å². The lowest BCUT2D eigenvalue weighted by Crippen LogP contribution is -2.27. The lowest BCUT2D eigenvalue weighted by atomic mass is 9.61. The maximum atomic E-state index is 5.43. The lowest BCUT2D eigenvalue weighted by molar-refractivity contribution is 0.754. The molecule has 0 fully saturated rings. The third kappa shape index (κ3) is 6.13. The van der Waals surface area contributed by atoms with E-state index in [9.17, 15) is 0 Å². The highest BCUT2D eigenvalue weighted by Crippen LogP contribution is 2.57. The van der Waals surface area contributed by atoms with E-state index in [1.165, 1.54) is 73.7 Å². The summed E-state index contributed by atoms with van der Waals surface area (Å²) < 4.78 is 5.03. The van der Waals surface area contributed by atoms with Crippen LogP contribution < -0.4 is 0 Å². The van der Waals surface area contributed by atoms with Crippen LogP contribution in [0.15, 0.2) is 218 Å². The van der Waals surface area contributed by atoms with Gasteiger partial charge in [0, 0.05) is 85.6 Å². The monoisotopic (exact) mass is 926 g/mol. The minimum Gasteiger partial charge on any atom is -0.228 e. The van der Waals surface area contributed by atoms with Crippen molar-refractivity contribution in [1.82, 2.24) is 19.9 Å². The van der Waals surface area contributed by atoms with Crippen LogP contribution in [-0.4, -0.2) is 19.9 Å². The minimum atomic E-state index is 0.0435. The highest BCUT2D eigenvalue weighted by atomic mass is 32.1. The van der Waals surface area contributed by atoms with E-state index in [1.54, 1.807) is 0 Å². The Morgan fingerprint density at radius 3 is 1.13 bits per heavy atom. The summed E-state index contributed by atoms with van der Waals surface area (Å²) in [6.07, 6.45) is 0. The normalized spacial score (nSPS) is 14.6. The zero-order valence-corrected chi connectivity index (χ0v) is 39.2. The fraction of sp³-hybridized carbons (Fsp3) is 0.0312. The van der Waals surface area contributed by atoms with Crippen LogP contribution in [-0.2, 0) is 0 Å². The van der Waals surface area contributed by atoms with Crippen LogP contribution in [0.3, 0.4) is 0 Å². The summed E-state index contributed by atoms with van der Waals surface area (Å²) >= 11 is 3.66. The molecule has 9 aromatic carbocycles. The van der Waals surface area contributed by atoms with E-state index in [2.05, 4.69) is 218 Å². The number of benzene rings is 9. The van der Waals surface area contributed by atoms with Gasteiger partial charge in [-0.15, -0.1) is 22.7 Å². The van der Waals surface area contributed by atoms with Crippen molar-refractivity contribution in [2.24, 2.45) is 0 Å². The first-order valence-corrected chi connectivity index (χ1v) is 25.4. The number of aromatic nitrogens is 4. The third-order valence-electron chi connectivity index (χ3n) is 14.5. The molecule has 4 aromatic heterocycles. The first-order valence-electron chi connectivity index (χ1n) is 23.8. The van der Waals surface area contributed by atoms with Gasteiger partial charge in [-0.2, -0.15) is 0 Å². The second-order valence-electron chi connectivity index (χ2n) is 18.4. The Labute approximate surface area is 411 Å². The van der Waals surface area contributed by atoms with E-state index in [4.69, 9.17) is 19.9 Å². The molecule has 4 nitrogen and oxygen atoms in total. The van der Waals surface area contributed by atoms with Crippen molar-refractivity contribution in [3.05, 3.63) is 252 Å². The van der Waals surface area contributed by atoms with E-state index >= 15 is 0 Å². The van der Waals surface area contributed by atoms with Crippen LogP contribution in [0.2, 0.25) is 0 Å². The van der Waals surface area contributed by atoms with Crippen LogP contribution in [0, 0.1) is 0 Å². The molecule has 70 heavy (non-hydrogen) atoms. The van der Waals surface area contributed by atoms with Gasteiger partial charge >= 0.3 is 0 Å². The van der Waals surface area contributed by atoms with E-state index in [0.29, 0.717) is 0 Å². The fourth-order valence-electron chi connectivity index (χ4n) is 11.3. The van der Waals surface area contributed by atoms with Gasteiger partial charge in [0.15, 0.2) is 11.6 Å². The Balaban J connectivity index is 0.874. The summed E-state index contributed by atoms with van der Waals surface area (Å²) in [4.78, 5) is 21.5. The van der Waals surface area contributed by atoms with E-state index in [-0.39, 0.29) is 11.8 Å². The summed E-state index contributed by atoms with van der Waals surface area (Å²) in [6.45, 7) is 0. The zero-order chi connectivity index (χ0) is 45.9. The van der Waals surface area contributed by atoms with Gasteiger partial charge in [0.25, 0.3) is 0 Å². The summed E-state index contributed by atoms with van der Waals surface area (Å²) in [5.41, 5.74) is 18.0. The van der Waals surface area contributed by atoms with Crippen LogP contribution in [0.1, 0.15) is 45.2 Å². The predicted octanol–water partition coefficient (Wildman–Crippen LogP) is 17.0. The number of rotatable bonds is 6. The first kappa shape index (κ1) is 39.6. The number of hydrogen-bond donors (Lipinski definition) is 0. The molecule has 2 unspecified atom stereocenters. The molecule has 13 aromatic rings. The van der Waals surface area contributed by atoms with Gasteiger partial charge in [0.05, 0.1) is 22.8 Å². The Kier molecular flexibility index (Phi) is 8.79. The van der Waals surface area contributed by atoms with Crippen molar-refractivity contribution < 1.29 is 0 Å². The third-order valence-corrected chi connectivity index (χ3v) is 16.9. The molecule has 326 valence electrons. The first-order chi connectivity index (χ1) is 34.7. The Hall–Kier alpha value is -8.42. The van der Waals surface area contributed by atoms with E-state index in [1.807, 2.05) is 22.7 Å². The molecule has 0 N–H and O–H groups in total. The topological polar surface area (TPSA) is 51.6 Å². The molecular weight excluding hydrogens is 889 g/mol. The molecule has 0 amide bonds. The van der Waals surface area contributed by atoms with Crippen LogP contribution in [0.5, 0.6) is 0 Å². The van der Waals surface area contributed by atoms with E-state index in [0.717, 1.165) is 67.8 Å². The second-order valence-corrected chi connectivity index (χ2v) is 20.5. The largest absolute Gasteiger partial charge is 0.228 e. The Morgan fingerprint density at radius 1 is 0.271 bits per heavy atom. The average Bonchev–Trinajstić information content (AvgIpc) is 4.02. The quantitative estimate of drug-likeness (QED) is 0.167. The second kappa shape index (κ2) is 15.6. The van der Waals surface area contributed by atoms with Gasteiger partial charge < -0.3 is 0 Å². The fourth-order valence-corrected chi connectivity index (χ4v) is 13.8. The summed E-state index contributed by atoms with van der Waals surface area (Å²) in [5, 5.41) is 5.06. The highest BCUT2D eigenvalue weighted by molar-refractivity contribution is 7.26. The molecule has 3 aliphatic carbocycles. The number of nitrogens with zero attached hydrogens (tertiary/aromatic N) is 4. The maximum Gasteiger partial charge on any atom is 0.160 e. The maximum absolute atomic E-state index is 5.43. The molecule has 0 aliphatic heterocycles. The Morgan fingerprint density at radius 2 is 0.657 bits per heavy atom. The standard InChI is InChI=1S/C64H38N4S2/c1-3-15-37(16-4-1)53-35-55(49-25-13-23-47-41-19-9-11-27-57(41)69-61(47)49)67-63(65-53)39-29-31-45-51(33-39)59-43-21-7-8-22-44(43)60(45)52-34-40(30-32-46(52)59)64-66-54(38-17-5-2-6-18-38)36-56(68-64)50-26-14-24-48-42-20-10-12-28-58(42)70-62(48)50/h1-36,59-60H. The average molecular weight is 927 g/mol. The molecule has 0 spiro atoms.